The Labute approximate surface area is 303 Å². The van der Waals surface area contributed by atoms with Crippen LogP contribution in [0.2, 0.25) is 0 Å². The molecule has 5 aromatic rings. The number of rotatable bonds is 13. The molecule has 0 spiro atoms. The number of anilines is 3. The van der Waals surface area contributed by atoms with Crippen molar-refractivity contribution >= 4 is 48.5 Å². The number of hydrogen-bond donors (Lipinski definition) is 2. The van der Waals surface area contributed by atoms with E-state index in [-0.39, 0.29) is 22.4 Å². The Hall–Kier alpha value is -4.24. The maximum Gasteiger partial charge on any atom is 0.261 e. The van der Waals surface area contributed by atoms with Gasteiger partial charge >= 0.3 is 0 Å². The van der Waals surface area contributed by atoms with E-state index < -0.39 is 19.9 Å². The quantitative estimate of drug-likeness (QED) is 0.127. The van der Waals surface area contributed by atoms with Crippen LogP contribution in [0.3, 0.4) is 0 Å². The maximum atomic E-state index is 15.3. The minimum absolute atomic E-state index is 0.149. The van der Waals surface area contributed by atoms with Gasteiger partial charge in [-0.1, -0.05) is 50.2 Å². The number of aromatic nitrogens is 3. The summed E-state index contributed by atoms with van der Waals surface area (Å²) in [5.74, 6) is 0.644. The molecule has 0 amide bonds. The van der Waals surface area contributed by atoms with E-state index in [0.29, 0.717) is 53.2 Å². The second-order valence-corrected chi connectivity index (χ2v) is 18.2. The van der Waals surface area contributed by atoms with Crippen molar-refractivity contribution in [2.45, 2.75) is 43.9 Å². The normalized spacial score (nSPS) is 14.5. The third-order valence-electron chi connectivity index (χ3n) is 8.77. The van der Waals surface area contributed by atoms with Gasteiger partial charge in [-0.05, 0) is 86.3 Å². The van der Waals surface area contributed by atoms with Gasteiger partial charge in [0.1, 0.15) is 15.7 Å². The SMILES string of the molecule is CC(C)c1nc(-c2cccc(NS(=O)(=O)c3ccccc3)c2)c(-c2ccnc(Nc3ccc(CC4CCN(CCS(C)(=O)=O)CC4)c(F)c3)n2)s1. The van der Waals surface area contributed by atoms with Gasteiger partial charge in [-0.15, -0.1) is 11.3 Å². The molecule has 1 fully saturated rings. The van der Waals surface area contributed by atoms with Gasteiger partial charge in [-0.2, -0.15) is 0 Å². The minimum Gasteiger partial charge on any atom is -0.324 e. The summed E-state index contributed by atoms with van der Waals surface area (Å²) in [6, 6.07) is 22.2. The summed E-state index contributed by atoms with van der Waals surface area (Å²) in [5.41, 5.74) is 3.61. The molecule has 2 aromatic heterocycles. The highest BCUT2D eigenvalue weighted by Crippen LogP contribution is 2.39. The van der Waals surface area contributed by atoms with Gasteiger partial charge in [-0.25, -0.2) is 36.2 Å². The van der Waals surface area contributed by atoms with Crippen molar-refractivity contribution in [1.82, 2.24) is 19.9 Å². The summed E-state index contributed by atoms with van der Waals surface area (Å²) in [6.45, 7) is 6.29. The molecule has 0 aliphatic carbocycles. The second kappa shape index (κ2) is 15.6. The van der Waals surface area contributed by atoms with Gasteiger partial charge in [0.15, 0.2) is 0 Å². The molecule has 1 aliphatic heterocycles. The fourth-order valence-corrected chi connectivity index (χ4v) is 8.70. The highest BCUT2D eigenvalue weighted by molar-refractivity contribution is 7.92. The van der Waals surface area contributed by atoms with Crippen LogP contribution in [0.15, 0.2) is 90.0 Å². The maximum absolute atomic E-state index is 15.3. The molecular weight excluding hydrogens is 708 g/mol. The molecule has 3 aromatic carbocycles. The molecule has 0 bridgehead atoms. The van der Waals surface area contributed by atoms with Gasteiger partial charge in [0.2, 0.25) is 5.95 Å². The summed E-state index contributed by atoms with van der Waals surface area (Å²) in [5, 5.41) is 4.05. The van der Waals surface area contributed by atoms with Gasteiger partial charge in [0, 0.05) is 41.9 Å². The summed E-state index contributed by atoms with van der Waals surface area (Å²) in [7, 11) is -6.77. The van der Waals surface area contributed by atoms with E-state index in [1.54, 1.807) is 66.9 Å². The Kier molecular flexibility index (Phi) is 11.2. The summed E-state index contributed by atoms with van der Waals surface area (Å²) in [6.07, 6.45) is 5.32. The first-order valence-electron chi connectivity index (χ1n) is 16.8. The number of sulfonamides is 1. The number of sulfone groups is 1. The molecule has 14 heteroatoms. The van der Waals surface area contributed by atoms with E-state index in [1.807, 2.05) is 12.1 Å². The van der Waals surface area contributed by atoms with Gasteiger partial charge in [0.05, 0.1) is 31.9 Å². The van der Waals surface area contributed by atoms with E-state index >= 15 is 4.39 Å². The van der Waals surface area contributed by atoms with Crippen molar-refractivity contribution in [3.63, 3.8) is 0 Å². The average molecular weight is 749 g/mol. The van der Waals surface area contributed by atoms with Crippen molar-refractivity contribution in [1.29, 1.82) is 0 Å². The average Bonchev–Trinajstić information content (AvgIpc) is 3.56. The van der Waals surface area contributed by atoms with E-state index in [2.05, 4.69) is 33.8 Å². The molecule has 0 radical (unpaired) electrons. The first kappa shape index (κ1) is 36.5. The molecule has 1 saturated heterocycles. The molecule has 0 unspecified atom stereocenters. The second-order valence-electron chi connectivity index (χ2n) is 13.2. The zero-order chi connectivity index (χ0) is 36.2. The summed E-state index contributed by atoms with van der Waals surface area (Å²) in [4.78, 5) is 17.2. The molecule has 10 nitrogen and oxygen atoms in total. The highest BCUT2D eigenvalue weighted by atomic mass is 32.2. The lowest BCUT2D eigenvalue weighted by molar-refractivity contribution is 0.192. The molecule has 6 rings (SSSR count). The zero-order valence-corrected chi connectivity index (χ0v) is 31.2. The molecule has 51 heavy (non-hydrogen) atoms. The first-order chi connectivity index (χ1) is 24.3. The number of piperidine rings is 1. The Morgan fingerprint density at radius 2 is 1.69 bits per heavy atom. The van der Waals surface area contributed by atoms with E-state index in [4.69, 9.17) is 9.97 Å². The zero-order valence-electron chi connectivity index (χ0n) is 28.7. The molecule has 268 valence electrons. The van der Waals surface area contributed by atoms with E-state index in [1.165, 1.54) is 23.7 Å². The fraction of sp³-hybridized carbons (Fsp3) is 0.324. The summed E-state index contributed by atoms with van der Waals surface area (Å²) >= 11 is 1.51. The lowest BCUT2D eigenvalue weighted by atomic mass is 9.90. The number of hydrogen-bond acceptors (Lipinski definition) is 10. The van der Waals surface area contributed by atoms with E-state index in [9.17, 15) is 16.8 Å². The number of likely N-dealkylation sites (tertiary alicyclic amines) is 1. The molecular formula is C37H41FN6O4S3. The van der Waals surface area contributed by atoms with Crippen LogP contribution in [-0.4, -0.2) is 68.3 Å². The van der Waals surface area contributed by atoms with Crippen LogP contribution < -0.4 is 10.0 Å². The van der Waals surface area contributed by atoms with Crippen LogP contribution in [0, 0.1) is 11.7 Å². The molecule has 0 atom stereocenters. The molecule has 2 N–H and O–H groups in total. The molecule has 1 aliphatic rings. The lowest BCUT2D eigenvalue weighted by Gasteiger charge is -2.31. The largest absolute Gasteiger partial charge is 0.324 e. The van der Waals surface area contributed by atoms with E-state index in [0.717, 1.165) is 41.4 Å². The predicted octanol–water partition coefficient (Wildman–Crippen LogP) is 7.37. The van der Waals surface area contributed by atoms with Crippen molar-refractivity contribution in [3.05, 3.63) is 101 Å². The van der Waals surface area contributed by atoms with Crippen LogP contribution in [0.25, 0.3) is 21.8 Å². The Morgan fingerprint density at radius 1 is 0.922 bits per heavy atom. The van der Waals surface area contributed by atoms with Gasteiger partial charge in [0.25, 0.3) is 10.0 Å². The number of nitrogens with one attached hydrogen (secondary N) is 2. The Morgan fingerprint density at radius 3 is 2.39 bits per heavy atom. The first-order valence-corrected chi connectivity index (χ1v) is 21.2. The predicted molar refractivity (Wildman–Crippen MR) is 202 cm³/mol. The number of nitrogens with zero attached hydrogens (tertiary/aromatic N) is 4. The number of halogens is 1. The Bertz CT molecular complexity index is 2200. The number of benzene rings is 3. The fourth-order valence-electron chi connectivity index (χ4n) is 5.98. The smallest absolute Gasteiger partial charge is 0.261 e. The Balaban J connectivity index is 1.17. The van der Waals surface area contributed by atoms with Crippen LogP contribution >= 0.6 is 11.3 Å². The standard InChI is InChI=1S/C37H41FN6O4S3/c1-25(2)36-42-34(28-8-7-9-30(23-28)43-51(47,48)31-10-5-4-6-11-31)35(49-36)33-14-17-39-37(41-33)40-29-13-12-27(32(38)24-29)22-26-15-18-44(19-16-26)20-21-50(3,45)46/h4-14,17,23-26,43H,15-16,18-22H2,1-3H3,(H,39,40,41). The topological polar surface area (TPSA) is 134 Å². The van der Waals surface area contributed by atoms with Crippen LogP contribution in [0.4, 0.5) is 21.7 Å². The van der Waals surface area contributed by atoms with Crippen LogP contribution in [-0.2, 0) is 26.3 Å². The van der Waals surface area contributed by atoms with Crippen LogP contribution in [0.1, 0.15) is 43.2 Å². The summed E-state index contributed by atoms with van der Waals surface area (Å²) < 4.78 is 67.1. The van der Waals surface area contributed by atoms with Crippen LogP contribution in [0.5, 0.6) is 0 Å². The van der Waals surface area contributed by atoms with Gasteiger partial charge < -0.3 is 10.2 Å². The third kappa shape index (κ3) is 9.56. The molecule has 3 heterocycles. The van der Waals surface area contributed by atoms with Gasteiger partial charge in [-0.3, -0.25) is 4.72 Å². The third-order valence-corrected chi connectivity index (χ3v) is 12.5. The van der Waals surface area contributed by atoms with Crippen molar-refractivity contribution in [2.75, 3.05) is 41.7 Å². The minimum atomic E-state index is -3.78. The van der Waals surface area contributed by atoms with Crippen molar-refractivity contribution < 1.29 is 21.2 Å². The van der Waals surface area contributed by atoms with Crippen molar-refractivity contribution in [3.8, 4) is 21.8 Å². The molecule has 0 saturated carbocycles. The lowest BCUT2D eigenvalue weighted by Crippen LogP contribution is -2.37. The highest BCUT2D eigenvalue weighted by Gasteiger charge is 2.23. The van der Waals surface area contributed by atoms with Crippen molar-refractivity contribution in [2.24, 2.45) is 5.92 Å². The number of thiazole rings is 1. The monoisotopic (exact) mass is 748 g/mol.